The smallest absolute Gasteiger partial charge is 0.338 e. The van der Waals surface area contributed by atoms with E-state index in [-0.39, 0.29) is 17.2 Å². The maximum Gasteiger partial charge on any atom is 0.338 e. The Morgan fingerprint density at radius 1 is 1.29 bits per heavy atom. The number of ether oxygens (including phenoxy) is 1. The minimum Gasteiger partial charge on any atom is -0.452 e. The van der Waals surface area contributed by atoms with Crippen molar-refractivity contribution in [3.05, 3.63) is 33.9 Å². The van der Waals surface area contributed by atoms with Gasteiger partial charge in [-0.1, -0.05) is 0 Å². The highest BCUT2D eigenvalue weighted by molar-refractivity contribution is 5.93. The Bertz CT molecular complexity index is 760. The lowest BCUT2D eigenvalue weighted by Crippen LogP contribution is -2.46. The average Bonchev–Trinajstić information content (AvgIpc) is 3.20. The number of hydrogen-bond donors (Lipinski definition) is 2. The van der Waals surface area contributed by atoms with Gasteiger partial charge in [0, 0.05) is 25.7 Å². The van der Waals surface area contributed by atoms with Gasteiger partial charge in [0.2, 0.25) is 5.91 Å². The predicted molar refractivity (Wildman–Crippen MR) is 101 cm³/mol. The minimum atomic E-state index is -0.850. The predicted octanol–water partition coefficient (Wildman–Crippen LogP) is 0.993. The van der Waals surface area contributed by atoms with Gasteiger partial charge in [0.1, 0.15) is 11.7 Å². The first kappa shape index (κ1) is 21.1. The van der Waals surface area contributed by atoms with Gasteiger partial charge in [-0.05, 0) is 38.8 Å². The summed E-state index contributed by atoms with van der Waals surface area (Å²) in [4.78, 5) is 48.3. The third kappa shape index (κ3) is 5.41. The lowest BCUT2D eigenvalue weighted by Gasteiger charge is -2.17. The summed E-state index contributed by atoms with van der Waals surface area (Å²) in [7, 11) is 0. The highest BCUT2D eigenvalue weighted by Crippen LogP contribution is 2.31. The quantitative estimate of drug-likeness (QED) is 0.383. The van der Waals surface area contributed by atoms with E-state index >= 15 is 0 Å². The minimum absolute atomic E-state index is 0.0146. The fourth-order valence-corrected chi connectivity index (χ4v) is 2.91. The van der Waals surface area contributed by atoms with E-state index in [1.165, 1.54) is 19.1 Å². The largest absolute Gasteiger partial charge is 0.452 e. The van der Waals surface area contributed by atoms with Crippen LogP contribution in [0.3, 0.4) is 0 Å². The molecule has 10 heteroatoms. The van der Waals surface area contributed by atoms with Gasteiger partial charge >= 0.3 is 5.97 Å². The molecule has 0 spiro atoms. The topological polar surface area (TPSA) is 131 Å². The maximum atomic E-state index is 12.2. The van der Waals surface area contributed by atoms with Crippen LogP contribution in [0, 0.1) is 10.1 Å². The zero-order chi connectivity index (χ0) is 20.7. The zero-order valence-corrected chi connectivity index (χ0v) is 15.9. The van der Waals surface area contributed by atoms with Crippen molar-refractivity contribution in [3.63, 3.8) is 0 Å². The molecule has 1 aliphatic rings. The van der Waals surface area contributed by atoms with E-state index in [0.29, 0.717) is 12.2 Å². The first-order valence-electron chi connectivity index (χ1n) is 9.11. The monoisotopic (exact) mass is 392 g/mol. The molecule has 0 radical (unpaired) electrons. The van der Waals surface area contributed by atoms with Crippen LogP contribution in [0.1, 0.15) is 37.0 Å². The maximum absolute atomic E-state index is 12.2. The van der Waals surface area contributed by atoms with Crippen LogP contribution in [0.4, 0.5) is 11.4 Å². The van der Waals surface area contributed by atoms with E-state index in [4.69, 9.17) is 4.74 Å². The Labute approximate surface area is 162 Å². The fourth-order valence-electron chi connectivity index (χ4n) is 2.91. The highest BCUT2D eigenvalue weighted by Gasteiger charge is 2.24. The number of likely N-dealkylation sites (N-methyl/N-ethyl adjacent to an activating group) is 1. The number of nitrogens with zero attached hydrogens (tertiary/aromatic N) is 2. The third-order valence-electron chi connectivity index (χ3n) is 4.31. The number of rotatable bonds is 8. The lowest BCUT2D eigenvalue weighted by molar-refractivity contribution is -0.384. The number of nitrogens with one attached hydrogen (secondary N) is 2. The summed E-state index contributed by atoms with van der Waals surface area (Å²) >= 11 is 0. The zero-order valence-electron chi connectivity index (χ0n) is 15.9. The van der Waals surface area contributed by atoms with Crippen LogP contribution < -0.4 is 15.5 Å². The van der Waals surface area contributed by atoms with Crippen LogP contribution in [0.5, 0.6) is 0 Å². The van der Waals surface area contributed by atoms with Crippen LogP contribution in [0.2, 0.25) is 0 Å². The third-order valence-corrected chi connectivity index (χ3v) is 4.31. The number of carbonyl (C=O) groups excluding carboxylic acids is 3. The molecule has 10 nitrogen and oxygen atoms in total. The summed E-state index contributed by atoms with van der Waals surface area (Å²) in [5.41, 5.74) is 0.275. The molecule has 0 saturated carbocycles. The molecule has 0 aliphatic carbocycles. The number of amides is 2. The van der Waals surface area contributed by atoms with E-state index in [2.05, 4.69) is 10.6 Å². The molecule has 1 fully saturated rings. The number of nitro groups is 1. The molecule has 1 aromatic carbocycles. The molecule has 28 heavy (non-hydrogen) atoms. The van der Waals surface area contributed by atoms with Gasteiger partial charge in [-0.15, -0.1) is 0 Å². The Hall–Kier alpha value is -3.17. The van der Waals surface area contributed by atoms with Gasteiger partial charge in [-0.3, -0.25) is 19.7 Å². The van der Waals surface area contributed by atoms with Gasteiger partial charge < -0.3 is 20.3 Å². The van der Waals surface area contributed by atoms with Crippen LogP contribution in [-0.2, 0) is 14.3 Å². The summed E-state index contributed by atoms with van der Waals surface area (Å²) in [6, 6.07) is 3.35. The molecular weight excluding hydrogens is 368 g/mol. The van der Waals surface area contributed by atoms with Crippen LogP contribution in [0.25, 0.3) is 0 Å². The van der Waals surface area contributed by atoms with Crippen LogP contribution in [0.15, 0.2) is 18.2 Å². The fraction of sp³-hybridized carbons (Fsp3) is 0.500. The molecule has 1 saturated heterocycles. The van der Waals surface area contributed by atoms with Crippen LogP contribution in [-0.4, -0.2) is 55.0 Å². The number of nitro benzene ring substituents is 1. The molecule has 0 unspecified atom stereocenters. The van der Waals surface area contributed by atoms with E-state index in [1.807, 2.05) is 4.90 Å². The van der Waals surface area contributed by atoms with Crippen molar-refractivity contribution in [2.24, 2.45) is 0 Å². The second kappa shape index (κ2) is 9.67. The van der Waals surface area contributed by atoms with Crippen LogP contribution >= 0.6 is 0 Å². The summed E-state index contributed by atoms with van der Waals surface area (Å²) in [6.07, 6.45) is 1.93. The lowest BCUT2D eigenvalue weighted by atomic mass is 10.1. The molecule has 1 aliphatic heterocycles. The Kier molecular flexibility index (Phi) is 7.30. The average molecular weight is 392 g/mol. The number of carbonyl (C=O) groups is 3. The first-order valence-corrected chi connectivity index (χ1v) is 9.11. The van der Waals surface area contributed by atoms with E-state index < -0.39 is 29.4 Å². The van der Waals surface area contributed by atoms with Crippen molar-refractivity contribution < 1.29 is 24.0 Å². The Balaban J connectivity index is 1.98. The summed E-state index contributed by atoms with van der Waals surface area (Å²) in [5, 5.41) is 16.3. The second-order valence-corrected chi connectivity index (χ2v) is 6.41. The molecule has 1 heterocycles. The Morgan fingerprint density at radius 2 is 1.96 bits per heavy atom. The summed E-state index contributed by atoms with van der Waals surface area (Å²) < 4.78 is 4.91. The second-order valence-electron chi connectivity index (χ2n) is 6.41. The highest BCUT2D eigenvalue weighted by atomic mass is 16.6. The number of hydrogen-bond acceptors (Lipinski definition) is 7. The van der Waals surface area contributed by atoms with Gasteiger partial charge in [0.15, 0.2) is 6.61 Å². The summed E-state index contributed by atoms with van der Waals surface area (Å²) in [6.45, 7) is 4.56. The van der Waals surface area contributed by atoms with Crippen molar-refractivity contribution in [1.29, 1.82) is 0 Å². The first-order chi connectivity index (χ1) is 13.3. The molecule has 0 aromatic heterocycles. The molecule has 2 N–H and O–H groups in total. The normalized spacial score (nSPS) is 14.3. The number of anilines is 1. The van der Waals surface area contributed by atoms with Crippen molar-refractivity contribution in [2.75, 3.05) is 31.1 Å². The van der Waals surface area contributed by atoms with Gasteiger partial charge in [-0.2, -0.15) is 0 Å². The number of benzene rings is 1. The molecule has 2 rings (SSSR count). The van der Waals surface area contributed by atoms with E-state index in [9.17, 15) is 24.5 Å². The molecular formula is C18H24N4O6. The van der Waals surface area contributed by atoms with Gasteiger partial charge in [0.25, 0.3) is 11.6 Å². The van der Waals surface area contributed by atoms with Crippen molar-refractivity contribution in [3.8, 4) is 0 Å². The summed E-state index contributed by atoms with van der Waals surface area (Å²) in [5.74, 6) is -1.84. The van der Waals surface area contributed by atoms with E-state index in [1.54, 1.807) is 6.92 Å². The van der Waals surface area contributed by atoms with Crippen molar-refractivity contribution in [2.45, 2.75) is 32.7 Å². The standard InChI is InChI=1S/C18H24N4O6/c1-3-19-17(24)12(2)20-16(23)11-28-18(25)13-6-7-14(15(10-13)22(26)27)21-8-4-5-9-21/h6-7,10,12H,3-5,8-9,11H2,1-2H3,(H,19,24)(H,20,23)/t12-/m0/s1. The molecule has 1 aromatic rings. The number of esters is 1. The van der Waals surface area contributed by atoms with Crippen molar-refractivity contribution >= 4 is 29.2 Å². The molecule has 0 bridgehead atoms. The van der Waals surface area contributed by atoms with Crippen molar-refractivity contribution in [1.82, 2.24) is 10.6 Å². The SMILES string of the molecule is CCNC(=O)[C@H](C)NC(=O)COC(=O)c1ccc(N2CCCC2)c([N+](=O)[O-])c1. The molecule has 2 amide bonds. The Morgan fingerprint density at radius 3 is 2.57 bits per heavy atom. The van der Waals surface area contributed by atoms with Gasteiger partial charge in [0.05, 0.1) is 10.5 Å². The van der Waals surface area contributed by atoms with Gasteiger partial charge in [-0.25, -0.2) is 4.79 Å². The molecule has 1 atom stereocenters. The molecule has 152 valence electrons. The van der Waals surface area contributed by atoms with E-state index in [0.717, 1.165) is 32.0 Å².